The van der Waals surface area contributed by atoms with Gasteiger partial charge >= 0.3 is 0 Å². The van der Waals surface area contributed by atoms with Gasteiger partial charge in [0, 0.05) is 46.8 Å². The van der Waals surface area contributed by atoms with Crippen LogP contribution in [-0.4, -0.2) is 34.8 Å². The molecule has 1 aromatic heterocycles. The molecule has 3 aromatic rings. The Morgan fingerprint density at radius 3 is 2.58 bits per heavy atom. The van der Waals surface area contributed by atoms with Crippen LogP contribution in [0.1, 0.15) is 49.8 Å². The van der Waals surface area contributed by atoms with Crippen LogP contribution in [0, 0.1) is 6.92 Å². The predicted octanol–water partition coefficient (Wildman–Crippen LogP) is 4.91. The third-order valence-electron chi connectivity index (χ3n) is 5.19. The van der Waals surface area contributed by atoms with Gasteiger partial charge in [0.15, 0.2) is 0 Å². The number of aryl methyl sites for hydroxylation is 1. The van der Waals surface area contributed by atoms with Gasteiger partial charge in [0.05, 0.1) is 10.7 Å². The molecule has 7 heteroatoms. The van der Waals surface area contributed by atoms with Gasteiger partial charge < -0.3 is 10.2 Å². The van der Waals surface area contributed by atoms with Crippen LogP contribution in [0.5, 0.6) is 0 Å². The molecule has 0 radical (unpaired) electrons. The lowest BCUT2D eigenvalue weighted by atomic mass is 10.1. The van der Waals surface area contributed by atoms with Crippen molar-refractivity contribution in [1.29, 1.82) is 0 Å². The van der Waals surface area contributed by atoms with Gasteiger partial charge in [-0.15, -0.1) is 23.1 Å². The fourth-order valence-corrected chi connectivity index (χ4v) is 5.04. The molecule has 1 saturated heterocycles. The maximum Gasteiger partial charge on any atom is 0.253 e. The van der Waals surface area contributed by atoms with Crippen molar-refractivity contribution in [2.24, 2.45) is 0 Å². The zero-order valence-electron chi connectivity index (χ0n) is 17.5. The molecule has 2 aromatic carbocycles. The van der Waals surface area contributed by atoms with Gasteiger partial charge in [-0.3, -0.25) is 9.59 Å². The smallest absolute Gasteiger partial charge is 0.253 e. The number of thiazole rings is 1. The summed E-state index contributed by atoms with van der Waals surface area (Å²) in [6.07, 6.45) is 2.15. The maximum absolute atomic E-state index is 12.6. The largest absolute Gasteiger partial charge is 0.348 e. The highest BCUT2D eigenvalue weighted by molar-refractivity contribution is 7.98. The number of amides is 2. The summed E-state index contributed by atoms with van der Waals surface area (Å²) >= 11 is 3.37. The normalized spacial score (nSPS) is 13.4. The van der Waals surface area contributed by atoms with Gasteiger partial charge in [-0.05, 0) is 61.7 Å². The molecule has 0 bridgehead atoms. The summed E-state index contributed by atoms with van der Waals surface area (Å²) in [7, 11) is 0. The van der Waals surface area contributed by atoms with E-state index in [1.54, 1.807) is 23.1 Å². The number of carbonyl (C=O) groups excluding carboxylic acids is 2. The third-order valence-corrected chi connectivity index (χ3v) is 7.06. The Kier molecular flexibility index (Phi) is 7.04. The molecule has 0 unspecified atom stereocenters. The minimum atomic E-state index is -0.122. The Morgan fingerprint density at radius 2 is 1.87 bits per heavy atom. The molecule has 0 saturated carbocycles. The Hall–Kier alpha value is -2.64. The SMILES string of the molecule is Cc1nc(CSc2ccc(C(=O)NCc3cccc(C(=O)N4CCCC4)c3)cc2)cs1. The molecular formula is C24H25N3O2S2. The Balaban J connectivity index is 1.30. The first-order valence-electron chi connectivity index (χ1n) is 10.4. The number of thioether (sulfide) groups is 1. The molecule has 1 fully saturated rings. The number of hydrogen-bond donors (Lipinski definition) is 1. The van der Waals surface area contributed by atoms with Crippen LogP contribution in [0.2, 0.25) is 0 Å². The number of nitrogens with one attached hydrogen (secondary N) is 1. The van der Waals surface area contributed by atoms with E-state index in [0.29, 0.717) is 17.7 Å². The fraction of sp³-hybridized carbons (Fsp3) is 0.292. The quantitative estimate of drug-likeness (QED) is 0.519. The van der Waals surface area contributed by atoms with E-state index in [-0.39, 0.29) is 11.8 Å². The average Bonchev–Trinajstić information content (AvgIpc) is 3.48. The summed E-state index contributed by atoms with van der Waals surface area (Å²) < 4.78 is 0. The summed E-state index contributed by atoms with van der Waals surface area (Å²) in [6.45, 7) is 4.06. The lowest BCUT2D eigenvalue weighted by Crippen LogP contribution is -2.28. The van der Waals surface area contributed by atoms with Gasteiger partial charge in [0.1, 0.15) is 0 Å². The highest BCUT2D eigenvalue weighted by Crippen LogP contribution is 2.24. The number of benzene rings is 2. The maximum atomic E-state index is 12.6. The summed E-state index contributed by atoms with van der Waals surface area (Å²) in [5.41, 5.74) is 3.31. The number of hydrogen-bond acceptors (Lipinski definition) is 5. The first kappa shape index (κ1) is 21.6. The highest BCUT2D eigenvalue weighted by atomic mass is 32.2. The van der Waals surface area contributed by atoms with Crippen LogP contribution >= 0.6 is 23.1 Å². The first-order chi connectivity index (χ1) is 15.1. The fourth-order valence-electron chi connectivity index (χ4n) is 3.54. The topological polar surface area (TPSA) is 62.3 Å². The molecule has 4 rings (SSSR count). The number of rotatable bonds is 7. The minimum Gasteiger partial charge on any atom is -0.348 e. The zero-order valence-corrected chi connectivity index (χ0v) is 19.1. The molecule has 2 heterocycles. The van der Waals surface area contributed by atoms with Gasteiger partial charge in [-0.1, -0.05) is 12.1 Å². The highest BCUT2D eigenvalue weighted by Gasteiger charge is 2.19. The van der Waals surface area contributed by atoms with Crippen molar-refractivity contribution >= 4 is 34.9 Å². The lowest BCUT2D eigenvalue weighted by molar-refractivity contribution is 0.0792. The van der Waals surface area contributed by atoms with Crippen molar-refractivity contribution in [3.63, 3.8) is 0 Å². The average molecular weight is 452 g/mol. The zero-order chi connectivity index (χ0) is 21.6. The van der Waals surface area contributed by atoms with Gasteiger partial charge in [-0.25, -0.2) is 4.98 Å². The van der Waals surface area contributed by atoms with E-state index in [1.165, 1.54) is 0 Å². The molecule has 1 aliphatic rings. The molecular weight excluding hydrogens is 426 g/mol. The second-order valence-corrected chi connectivity index (χ2v) is 9.66. The third kappa shape index (κ3) is 5.74. The Labute approximate surface area is 190 Å². The lowest BCUT2D eigenvalue weighted by Gasteiger charge is -2.15. The van der Waals surface area contributed by atoms with Crippen LogP contribution in [-0.2, 0) is 12.3 Å². The number of nitrogens with zero attached hydrogens (tertiary/aromatic N) is 2. The molecule has 2 amide bonds. The molecule has 31 heavy (non-hydrogen) atoms. The van der Waals surface area contributed by atoms with Crippen molar-refractivity contribution in [3.8, 4) is 0 Å². The minimum absolute atomic E-state index is 0.0755. The Bertz CT molecular complexity index is 1060. The van der Waals surface area contributed by atoms with Crippen LogP contribution < -0.4 is 5.32 Å². The summed E-state index contributed by atoms with van der Waals surface area (Å²) in [5.74, 6) is 0.775. The number of carbonyl (C=O) groups is 2. The molecule has 5 nitrogen and oxygen atoms in total. The molecule has 1 N–H and O–H groups in total. The monoisotopic (exact) mass is 451 g/mol. The van der Waals surface area contributed by atoms with E-state index >= 15 is 0 Å². The van der Waals surface area contributed by atoms with Crippen LogP contribution in [0.3, 0.4) is 0 Å². The summed E-state index contributed by atoms with van der Waals surface area (Å²) in [5, 5.41) is 6.11. The van der Waals surface area contributed by atoms with E-state index in [0.717, 1.165) is 52.8 Å². The van der Waals surface area contributed by atoms with Gasteiger partial charge in [0.2, 0.25) is 0 Å². The second kappa shape index (κ2) is 10.1. The standard InChI is InChI=1S/C24H25N3O2S2/c1-17-26-21(15-30-17)16-31-22-9-7-19(8-10-22)23(28)25-14-18-5-4-6-20(13-18)24(29)27-11-2-3-12-27/h4-10,13,15H,2-3,11-12,14,16H2,1H3,(H,25,28). The molecule has 0 atom stereocenters. The molecule has 160 valence electrons. The van der Waals surface area contributed by atoms with Crippen molar-refractivity contribution in [1.82, 2.24) is 15.2 Å². The van der Waals surface area contributed by atoms with Gasteiger partial charge in [-0.2, -0.15) is 0 Å². The van der Waals surface area contributed by atoms with E-state index in [2.05, 4.69) is 15.7 Å². The number of likely N-dealkylation sites (tertiary alicyclic amines) is 1. The molecule has 1 aliphatic heterocycles. The van der Waals surface area contributed by atoms with Crippen molar-refractivity contribution < 1.29 is 9.59 Å². The molecule has 0 spiro atoms. The Morgan fingerprint density at radius 1 is 1.10 bits per heavy atom. The van der Waals surface area contributed by atoms with E-state index in [9.17, 15) is 9.59 Å². The predicted molar refractivity (Wildman–Crippen MR) is 126 cm³/mol. The van der Waals surface area contributed by atoms with Gasteiger partial charge in [0.25, 0.3) is 11.8 Å². The summed E-state index contributed by atoms with van der Waals surface area (Å²) in [4.78, 5) is 32.6. The summed E-state index contributed by atoms with van der Waals surface area (Å²) in [6, 6.07) is 15.1. The number of aromatic nitrogens is 1. The van der Waals surface area contributed by atoms with Crippen LogP contribution in [0.15, 0.2) is 58.8 Å². The molecule has 0 aliphatic carbocycles. The second-order valence-electron chi connectivity index (χ2n) is 7.55. The van der Waals surface area contributed by atoms with Crippen LogP contribution in [0.25, 0.3) is 0 Å². The van der Waals surface area contributed by atoms with Crippen LogP contribution in [0.4, 0.5) is 0 Å². The van der Waals surface area contributed by atoms with Crippen molar-refractivity contribution in [2.45, 2.75) is 37.0 Å². The first-order valence-corrected chi connectivity index (χ1v) is 12.3. The van der Waals surface area contributed by atoms with E-state index in [4.69, 9.17) is 0 Å². The van der Waals surface area contributed by atoms with Crippen molar-refractivity contribution in [3.05, 3.63) is 81.3 Å². The van der Waals surface area contributed by atoms with E-state index in [1.807, 2.05) is 60.4 Å². The van der Waals surface area contributed by atoms with Crippen molar-refractivity contribution in [2.75, 3.05) is 13.1 Å². The van der Waals surface area contributed by atoms with E-state index < -0.39 is 0 Å².